The molecule has 2 aliphatic carbocycles. The van der Waals surface area contributed by atoms with Crippen LogP contribution in [0.4, 0.5) is 0 Å². The molecule has 0 aromatic carbocycles. The first kappa shape index (κ1) is 21.9. The fourth-order valence-electron chi connectivity index (χ4n) is 3.87. The predicted molar refractivity (Wildman–Crippen MR) is 103 cm³/mol. The average Bonchev–Trinajstić information content (AvgIpc) is 3.50. The Balaban J connectivity index is 1.74. The number of nitrogens with zero attached hydrogens (tertiary/aromatic N) is 2. The van der Waals surface area contributed by atoms with Crippen LogP contribution in [-0.4, -0.2) is 82.5 Å². The van der Waals surface area contributed by atoms with E-state index in [0.717, 1.165) is 25.7 Å². The van der Waals surface area contributed by atoms with Crippen molar-refractivity contribution in [2.75, 3.05) is 26.2 Å². The third kappa shape index (κ3) is 4.86. The zero-order valence-electron chi connectivity index (χ0n) is 16.0. The van der Waals surface area contributed by atoms with E-state index >= 15 is 0 Å². The first-order valence-electron chi connectivity index (χ1n) is 9.89. The maximum Gasteiger partial charge on any atom is 0.451 e. The summed E-state index contributed by atoms with van der Waals surface area (Å²) in [4.78, 5) is 11.8. The molecule has 2 saturated carbocycles. The summed E-state index contributed by atoms with van der Waals surface area (Å²) in [5, 5.41) is 27.7. The van der Waals surface area contributed by atoms with Gasteiger partial charge >= 0.3 is 13.1 Å². The van der Waals surface area contributed by atoms with E-state index in [-0.39, 0.29) is 26.0 Å². The first-order chi connectivity index (χ1) is 13.0. The molecule has 7 N–H and O–H groups in total. The molecule has 3 aliphatic rings. The standard InChI is InChI=1S/C16H31BN4O6S/c18-15(5-6-15)10-20(8-12-3-4-12)28(26,27)21-9-13(2-1-7-17(24)25)16(19,11-21)14(22)23/h12-13,24-25H,1-11,18-19H2,(H,22,23)/t13-,16-/m0/s1. The Morgan fingerprint density at radius 2 is 1.89 bits per heavy atom. The van der Waals surface area contributed by atoms with Crippen LogP contribution in [0, 0.1) is 11.8 Å². The largest absolute Gasteiger partial charge is 0.480 e. The van der Waals surface area contributed by atoms with Gasteiger partial charge in [0, 0.05) is 37.6 Å². The lowest BCUT2D eigenvalue weighted by atomic mass is 9.78. The molecule has 3 rings (SSSR count). The van der Waals surface area contributed by atoms with Gasteiger partial charge in [-0.25, -0.2) is 0 Å². The van der Waals surface area contributed by atoms with Gasteiger partial charge in [0.25, 0.3) is 10.2 Å². The minimum Gasteiger partial charge on any atom is -0.480 e. The van der Waals surface area contributed by atoms with Crippen molar-refractivity contribution < 1.29 is 28.4 Å². The van der Waals surface area contributed by atoms with Crippen LogP contribution in [-0.2, 0) is 15.0 Å². The van der Waals surface area contributed by atoms with Gasteiger partial charge in [-0.3, -0.25) is 4.79 Å². The van der Waals surface area contributed by atoms with Gasteiger partial charge in [-0.2, -0.15) is 17.0 Å². The number of nitrogens with two attached hydrogens (primary N) is 2. The number of hydrogen-bond donors (Lipinski definition) is 5. The van der Waals surface area contributed by atoms with E-state index in [1.54, 1.807) is 0 Å². The second-order valence-corrected chi connectivity index (χ2v) is 10.8. The van der Waals surface area contributed by atoms with Crippen LogP contribution in [0.1, 0.15) is 38.5 Å². The molecule has 0 spiro atoms. The molecule has 0 aromatic rings. The van der Waals surface area contributed by atoms with E-state index in [9.17, 15) is 18.3 Å². The second kappa shape index (κ2) is 7.82. The van der Waals surface area contributed by atoms with Crippen LogP contribution >= 0.6 is 0 Å². The Hall–Kier alpha value is -0.755. The smallest absolute Gasteiger partial charge is 0.451 e. The van der Waals surface area contributed by atoms with E-state index in [0.29, 0.717) is 25.3 Å². The molecule has 3 fully saturated rings. The molecule has 0 bridgehead atoms. The number of rotatable bonds is 11. The topological polar surface area (TPSA) is 170 Å². The fraction of sp³-hybridized carbons (Fsp3) is 0.938. The average molecular weight is 418 g/mol. The van der Waals surface area contributed by atoms with Gasteiger partial charge < -0.3 is 26.6 Å². The molecular weight excluding hydrogens is 387 g/mol. The fourth-order valence-corrected chi connectivity index (χ4v) is 5.76. The van der Waals surface area contributed by atoms with Gasteiger partial charge in [0.1, 0.15) is 5.54 Å². The highest BCUT2D eigenvalue weighted by atomic mass is 32.2. The Labute approximate surface area is 166 Å². The van der Waals surface area contributed by atoms with E-state index in [2.05, 4.69) is 0 Å². The Kier molecular flexibility index (Phi) is 6.13. The minimum atomic E-state index is -3.88. The molecule has 1 aliphatic heterocycles. The maximum atomic E-state index is 13.3. The summed E-state index contributed by atoms with van der Waals surface area (Å²) in [6, 6.07) is 0. The van der Waals surface area contributed by atoms with Crippen LogP contribution in [0.3, 0.4) is 0 Å². The van der Waals surface area contributed by atoms with Crippen LogP contribution in [0.2, 0.25) is 6.32 Å². The lowest BCUT2D eigenvalue weighted by Gasteiger charge is -2.30. The lowest BCUT2D eigenvalue weighted by molar-refractivity contribution is -0.144. The van der Waals surface area contributed by atoms with E-state index in [1.165, 1.54) is 8.61 Å². The number of aliphatic carboxylic acids is 1. The van der Waals surface area contributed by atoms with Crippen molar-refractivity contribution in [1.82, 2.24) is 8.61 Å². The highest BCUT2D eigenvalue weighted by molar-refractivity contribution is 7.86. The molecule has 0 aromatic heterocycles. The van der Waals surface area contributed by atoms with Crippen LogP contribution in [0.25, 0.3) is 0 Å². The monoisotopic (exact) mass is 418 g/mol. The highest BCUT2D eigenvalue weighted by Crippen LogP contribution is 2.39. The summed E-state index contributed by atoms with van der Waals surface area (Å²) in [6.45, 7) is 0.360. The molecule has 0 amide bonds. The number of carboxylic acid groups (broad SMARTS) is 1. The van der Waals surface area contributed by atoms with Crippen molar-refractivity contribution in [3.05, 3.63) is 0 Å². The second-order valence-electron chi connectivity index (χ2n) is 8.85. The van der Waals surface area contributed by atoms with Crippen molar-refractivity contribution in [2.45, 2.75) is 55.9 Å². The highest BCUT2D eigenvalue weighted by Gasteiger charge is 2.54. The molecule has 160 valence electrons. The summed E-state index contributed by atoms with van der Waals surface area (Å²) >= 11 is 0. The minimum absolute atomic E-state index is 0.00535. The molecule has 0 unspecified atom stereocenters. The summed E-state index contributed by atoms with van der Waals surface area (Å²) in [7, 11) is -5.36. The molecular formula is C16H31BN4O6S. The van der Waals surface area contributed by atoms with E-state index in [1.807, 2.05) is 0 Å². The number of hydrogen-bond acceptors (Lipinski definition) is 7. The van der Waals surface area contributed by atoms with Crippen LogP contribution in [0.15, 0.2) is 0 Å². The summed E-state index contributed by atoms with van der Waals surface area (Å²) in [5.41, 5.74) is 10.1. The van der Waals surface area contributed by atoms with Crippen molar-refractivity contribution in [1.29, 1.82) is 0 Å². The van der Waals surface area contributed by atoms with Gasteiger partial charge in [0.05, 0.1) is 0 Å². The van der Waals surface area contributed by atoms with Crippen LogP contribution < -0.4 is 11.5 Å². The quantitative estimate of drug-likeness (QED) is 0.250. The van der Waals surface area contributed by atoms with Crippen LogP contribution in [0.5, 0.6) is 0 Å². The molecule has 12 heteroatoms. The molecule has 10 nitrogen and oxygen atoms in total. The zero-order valence-corrected chi connectivity index (χ0v) is 16.9. The first-order valence-corrected chi connectivity index (χ1v) is 11.3. The lowest BCUT2D eigenvalue weighted by Crippen LogP contribution is -2.56. The third-order valence-electron chi connectivity index (χ3n) is 6.20. The summed E-state index contributed by atoms with van der Waals surface area (Å²) < 4.78 is 29.2. The maximum absolute atomic E-state index is 13.3. The zero-order chi connectivity index (χ0) is 20.7. The van der Waals surface area contributed by atoms with Crippen molar-refractivity contribution in [2.24, 2.45) is 23.3 Å². The van der Waals surface area contributed by atoms with E-state index < -0.39 is 40.3 Å². The predicted octanol–water partition coefficient (Wildman–Crippen LogP) is -1.60. The van der Waals surface area contributed by atoms with E-state index in [4.69, 9.17) is 21.5 Å². The summed E-state index contributed by atoms with van der Waals surface area (Å²) in [5.74, 6) is -1.51. The van der Waals surface area contributed by atoms with Gasteiger partial charge in [0.2, 0.25) is 0 Å². The third-order valence-corrected chi connectivity index (χ3v) is 8.06. The molecule has 28 heavy (non-hydrogen) atoms. The van der Waals surface area contributed by atoms with Gasteiger partial charge in [0.15, 0.2) is 0 Å². The van der Waals surface area contributed by atoms with Crippen molar-refractivity contribution >= 4 is 23.3 Å². The normalized spacial score (nSPS) is 30.0. The number of carboxylic acids is 1. The van der Waals surface area contributed by atoms with Crippen molar-refractivity contribution in [3.8, 4) is 0 Å². The molecule has 1 saturated heterocycles. The van der Waals surface area contributed by atoms with Gasteiger partial charge in [-0.1, -0.05) is 6.42 Å². The Morgan fingerprint density at radius 3 is 2.39 bits per heavy atom. The Morgan fingerprint density at radius 1 is 1.25 bits per heavy atom. The molecule has 1 heterocycles. The molecule has 2 atom stereocenters. The summed E-state index contributed by atoms with van der Waals surface area (Å²) in [6.07, 6.45) is 4.29. The Bertz CT molecular complexity index is 699. The van der Waals surface area contributed by atoms with Gasteiger partial charge in [-0.05, 0) is 44.3 Å². The van der Waals surface area contributed by atoms with Crippen molar-refractivity contribution in [3.63, 3.8) is 0 Å². The number of carbonyl (C=O) groups is 1. The SMILES string of the molecule is NC1(CN(CC2CC2)S(=O)(=O)N2C[C@H](CCCB(O)O)[C@](N)(C(=O)O)C2)CC1. The molecule has 0 radical (unpaired) electrons. The van der Waals surface area contributed by atoms with Gasteiger partial charge in [-0.15, -0.1) is 0 Å².